The summed E-state index contributed by atoms with van der Waals surface area (Å²) in [6, 6.07) is 8.39. The number of fused-ring (bicyclic) bond motifs is 1. The van der Waals surface area contributed by atoms with Gasteiger partial charge in [-0.2, -0.15) is 0 Å². The van der Waals surface area contributed by atoms with Crippen LogP contribution in [0, 0.1) is 0 Å². The quantitative estimate of drug-likeness (QED) is 0.920. The maximum absolute atomic E-state index is 10.5. The average Bonchev–Trinajstić information content (AvgIpc) is 3.15. The molecule has 1 saturated carbocycles. The molecule has 1 N–H and O–H groups in total. The molecule has 112 valence electrons. The summed E-state index contributed by atoms with van der Waals surface area (Å²) in [6.07, 6.45) is 6.18. The number of rotatable bonds is 2. The Balaban J connectivity index is 1.85. The van der Waals surface area contributed by atoms with Crippen molar-refractivity contribution in [1.82, 2.24) is 9.55 Å². The van der Waals surface area contributed by atoms with Gasteiger partial charge < -0.3 is 14.4 Å². The summed E-state index contributed by atoms with van der Waals surface area (Å²) >= 11 is 0. The highest BCUT2D eigenvalue weighted by atomic mass is 16.5. The minimum absolute atomic E-state index is 0.0894. The normalized spacial score (nSPS) is 30.0. The molecule has 4 rings (SSSR count). The zero-order valence-electron chi connectivity index (χ0n) is 12.2. The van der Waals surface area contributed by atoms with Crippen LogP contribution in [0.5, 0.6) is 0 Å². The first kappa shape index (κ1) is 13.3. The van der Waals surface area contributed by atoms with Crippen LogP contribution in [0.2, 0.25) is 0 Å². The molecule has 0 radical (unpaired) electrons. The molecular weight excluding hydrogens is 264 g/mol. The Kier molecular flexibility index (Phi) is 3.43. The standard InChI is InChI=1S/C17H22N2O2/c20-15-9-4-3-8-14(15)19-13-7-2-1-6-12(13)18-17(19)16-10-5-11-21-16/h1-2,6-7,14-16,20H,3-5,8-11H2/t14-,15+,16+/m1/s1. The summed E-state index contributed by atoms with van der Waals surface area (Å²) in [5, 5.41) is 10.5. The smallest absolute Gasteiger partial charge is 0.139 e. The topological polar surface area (TPSA) is 47.3 Å². The van der Waals surface area contributed by atoms with Crippen molar-refractivity contribution in [2.45, 2.75) is 56.8 Å². The number of para-hydroxylation sites is 2. The molecule has 0 spiro atoms. The SMILES string of the molecule is O[C@H]1CCCC[C@H]1n1c([C@@H]2CCCO2)nc2ccccc21. The van der Waals surface area contributed by atoms with Crippen LogP contribution in [-0.2, 0) is 4.74 Å². The first-order valence-corrected chi connectivity index (χ1v) is 8.11. The van der Waals surface area contributed by atoms with E-state index in [4.69, 9.17) is 9.72 Å². The van der Waals surface area contributed by atoms with E-state index in [1.807, 2.05) is 6.07 Å². The molecule has 2 heterocycles. The Morgan fingerprint density at radius 2 is 1.95 bits per heavy atom. The van der Waals surface area contributed by atoms with Crippen molar-refractivity contribution in [1.29, 1.82) is 0 Å². The maximum atomic E-state index is 10.5. The van der Waals surface area contributed by atoms with Crippen molar-refractivity contribution in [3.05, 3.63) is 30.1 Å². The fourth-order valence-electron chi connectivity index (χ4n) is 3.81. The fraction of sp³-hybridized carbons (Fsp3) is 0.588. The second-order valence-electron chi connectivity index (χ2n) is 6.25. The fourth-order valence-corrected chi connectivity index (χ4v) is 3.81. The summed E-state index contributed by atoms with van der Waals surface area (Å²) in [7, 11) is 0. The zero-order valence-corrected chi connectivity index (χ0v) is 12.2. The minimum Gasteiger partial charge on any atom is -0.391 e. The molecule has 4 heteroatoms. The highest BCUT2D eigenvalue weighted by Gasteiger charge is 2.32. The van der Waals surface area contributed by atoms with Crippen molar-refractivity contribution in [2.24, 2.45) is 0 Å². The van der Waals surface area contributed by atoms with E-state index < -0.39 is 0 Å². The van der Waals surface area contributed by atoms with Gasteiger partial charge in [-0.3, -0.25) is 0 Å². The van der Waals surface area contributed by atoms with Crippen LogP contribution >= 0.6 is 0 Å². The van der Waals surface area contributed by atoms with Crippen molar-refractivity contribution < 1.29 is 9.84 Å². The molecule has 1 aromatic carbocycles. The van der Waals surface area contributed by atoms with Gasteiger partial charge in [-0.15, -0.1) is 0 Å². The third-order valence-corrected chi connectivity index (χ3v) is 4.87. The lowest BCUT2D eigenvalue weighted by Crippen LogP contribution is -2.29. The van der Waals surface area contributed by atoms with Gasteiger partial charge in [0.05, 0.1) is 23.2 Å². The summed E-state index contributed by atoms with van der Waals surface area (Å²) in [5.74, 6) is 1.01. The van der Waals surface area contributed by atoms with Crippen molar-refractivity contribution in [3.8, 4) is 0 Å². The third-order valence-electron chi connectivity index (χ3n) is 4.87. The molecule has 1 saturated heterocycles. The summed E-state index contributed by atoms with van der Waals surface area (Å²) in [6.45, 7) is 0.821. The van der Waals surface area contributed by atoms with Gasteiger partial charge in [0.15, 0.2) is 0 Å². The Bertz CT molecular complexity index is 631. The van der Waals surface area contributed by atoms with E-state index in [0.717, 1.165) is 55.6 Å². The molecule has 4 nitrogen and oxygen atoms in total. The van der Waals surface area contributed by atoms with Gasteiger partial charge >= 0.3 is 0 Å². The highest BCUT2D eigenvalue weighted by molar-refractivity contribution is 5.76. The van der Waals surface area contributed by atoms with Gasteiger partial charge in [0.2, 0.25) is 0 Å². The second kappa shape index (κ2) is 5.43. The van der Waals surface area contributed by atoms with Crippen LogP contribution in [0.25, 0.3) is 11.0 Å². The number of benzene rings is 1. The molecule has 2 aromatic rings. The van der Waals surface area contributed by atoms with Gasteiger partial charge in [0.25, 0.3) is 0 Å². The molecule has 21 heavy (non-hydrogen) atoms. The van der Waals surface area contributed by atoms with Crippen LogP contribution in [0.1, 0.15) is 56.5 Å². The summed E-state index contributed by atoms with van der Waals surface area (Å²) in [4.78, 5) is 4.83. The predicted octanol–water partition coefficient (Wildman–Crippen LogP) is 3.36. The molecule has 0 unspecified atom stereocenters. The lowest BCUT2D eigenvalue weighted by molar-refractivity contribution is 0.0630. The number of aliphatic hydroxyl groups excluding tert-OH is 1. The monoisotopic (exact) mass is 286 g/mol. The number of hydrogen-bond donors (Lipinski definition) is 1. The van der Waals surface area contributed by atoms with Gasteiger partial charge in [-0.05, 0) is 37.8 Å². The zero-order chi connectivity index (χ0) is 14.2. The van der Waals surface area contributed by atoms with Crippen LogP contribution in [0.3, 0.4) is 0 Å². The number of hydrogen-bond acceptors (Lipinski definition) is 3. The van der Waals surface area contributed by atoms with Gasteiger partial charge in [-0.25, -0.2) is 4.98 Å². The van der Waals surface area contributed by atoms with Gasteiger partial charge in [-0.1, -0.05) is 25.0 Å². The van der Waals surface area contributed by atoms with Crippen LogP contribution in [-0.4, -0.2) is 27.4 Å². The second-order valence-corrected chi connectivity index (χ2v) is 6.25. The van der Waals surface area contributed by atoms with Gasteiger partial charge in [0, 0.05) is 6.61 Å². The molecule has 0 amide bonds. The van der Waals surface area contributed by atoms with Gasteiger partial charge in [0.1, 0.15) is 11.9 Å². The first-order chi connectivity index (χ1) is 10.3. The van der Waals surface area contributed by atoms with E-state index in [1.54, 1.807) is 0 Å². The van der Waals surface area contributed by atoms with Crippen LogP contribution < -0.4 is 0 Å². The molecule has 3 atom stereocenters. The van der Waals surface area contributed by atoms with E-state index in [2.05, 4.69) is 22.8 Å². The van der Waals surface area contributed by atoms with Crippen molar-refractivity contribution in [3.63, 3.8) is 0 Å². The number of ether oxygens (including phenoxy) is 1. The van der Waals surface area contributed by atoms with Crippen molar-refractivity contribution in [2.75, 3.05) is 6.61 Å². The third kappa shape index (κ3) is 2.27. The Morgan fingerprint density at radius 3 is 2.76 bits per heavy atom. The van der Waals surface area contributed by atoms with E-state index in [0.29, 0.717) is 0 Å². The molecular formula is C17H22N2O2. The predicted molar refractivity (Wildman–Crippen MR) is 81.2 cm³/mol. The van der Waals surface area contributed by atoms with E-state index in [-0.39, 0.29) is 18.2 Å². The first-order valence-electron chi connectivity index (χ1n) is 8.11. The maximum Gasteiger partial charge on any atom is 0.139 e. The van der Waals surface area contributed by atoms with Crippen LogP contribution in [0.15, 0.2) is 24.3 Å². The van der Waals surface area contributed by atoms with E-state index >= 15 is 0 Å². The average molecular weight is 286 g/mol. The Morgan fingerprint density at radius 1 is 1.10 bits per heavy atom. The number of nitrogens with zero attached hydrogens (tertiary/aromatic N) is 2. The number of aliphatic hydroxyl groups is 1. The summed E-state index contributed by atoms with van der Waals surface area (Å²) in [5.41, 5.74) is 2.15. The van der Waals surface area contributed by atoms with Crippen molar-refractivity contribution >= 4 is 11.0 Å². The van der Waals surface area contributed by atoms with Crippen LogP contribution in [0.4, 0.5) is 0 Å². The lowest BCUT2D eigenvalue weighted by atomic mass is 9.92. The Labute approximate surface area is 124 Å². The molecule has 2 fully saturated rings. The molecule has 0 bridgehead atoms. The lowest BCUT2D eigenvalue weighted by Gasteiger charge is -2.31. The molecule has 1 aliphatic carbocycles. The minimum atomic E-state index is -0.267. The molecule has 1 aromatic heterocycles. The largest absolute Gasteiger partial charge is 0.391 e. The number of imidazole rings is 1. The Hall–Kier alpha value is -1.39. The molecule has 1 aliphatic heterocycles. The number of aromatic nitrogens is 2. The molecule has 2 aliphatic rings. The highest BCUT2D eigenvalue weighted by Crippen LogP contribution is 2.37. The van der Waals surface area contributed by atoms with E-state index in [1.165, 1.54) is 6.42 Å². The van der Waals surface area contributed by atoms with E-state index in [9.17, 15) is 5.11 Å². The summed E-state index contributed by atoms with van der Waals surface area (Å²) < 4.78 is 8.14.